The van der Waals surface area contributed by atoms with Gasteiger partial charge in [0.15, 0.2) is 0 Å². The average Bonchev–Trinajstić information content (AvgIpc) is 3.37. The Balaban J connectivity index is 1.57. The zero-order chi connectivity index (χ0) is 20.4. The summed E-state index contributed by atoms with van der Waals surface area (Å²) in [7, 11) is 1.62. The highest BCUT2D eigenvalue weighted by atomic mass is 32.1. The summed E-state index contributed by atoms with van der Waals surface area (Å²) in [5.74, 6) is 0.575. The standard InChI is InChI=1S/C22H25N3O3S/c1-22(2,26)16-12-20(29-13-16)24-28-25-21-17-6-4-5-14(17)7-8-18(21)15-9-10-23-19(11-15)27-3/h7-13,24-26H,4-6H2,1-3H3. The molecule has 0 saturated carbocycles. The van der Waals surface area contributed by atoms with Gasteiger partial charge in [0.25, 0.3) is 0 Å². The number of nitrogens with one attached hydrogen (secondary N) is 2. The number of rotatable bonds is 7. The summed E-state index contributed by atoms with van der Waals surface area (Å²) in [5, 5.41) is 12.9. The van der Waals surface area contributed by atoms with Gasteiger partial charge in [-0.25, -0.2) is 15.9 Å². The van der Waals surface area contributed by atoms with Crippen molar-refractivity contribution in [1.29, 1.82) is 0 Å². The summed E-state index contributed by atoms with van der Waals surface area (Å²) >= 11 is 1.48. The van der Waals surface area contributed by atoms with E-state index in [1.54, 1.807) is 27.2 Å². The van der Waals surface area contributed by atoms with Crippen molar-refractivity contribution in [3.05, 3.63) is 58.6 Å². The quantitative estimate of drug-likeness (QED) is 0.480. The van der Waals surface area contributed by atoms with Gasteiger partial charge in [-0.2, -0.15) is 4.94 Å². The van der Waals surface area contributed by atoms with E-state index in [2.05, 4.69) is 28.1 Å². The summed E-state index contributed by atoms with van der Waals surface area (Å²) in [6, 6.07) is 10.1. The van der Waals surface area contributed by atoms with Crippen molar-refractivity contribution in [2.75, 3.05) is 18.1 Å². The lowest BCUT2D eigenvalue weighted by Crippen LogP contribution is -2.14. The Bertz CT molecular complexity index is 1010. The maximum Gasteiger partial charge on any atom is 0.213 e. The fourth-order valence-corrected chi connectivity index (χ4v) is 4.44. The Morgan fingerprint density at radius 3 is 2.76 bits per heavy atom. The lowest BCUT2D eigenvalue weighted by atomic mass is 9.98. The molecule has 0 aliphatic heterocycles. The number of aryl methyl sites for hydroxylation is 1. The van der Waals surface area contributed by atoms with Gasteiger partial charge in [-0.3, -0.25) is 0 Å². The van der Waals surface area contributed by atoms with Crippen LogP contribution < -0.4 is 15.7 Å². The molecule has 0 amide bonds. The highest BCUT2D eigenvalue weighted by Crippen LogP contribution is 2.38. The predicted molar refractivity (Wildman–Crippen MR) is 116 cm³/mol. The molecule has 0 bridgehead atoms. The van der Waals surface area contributed by atoms with Gasteiger partial charge < -0.3 is 9.84 Å². The van der Waals surface area contributed by atoms with Crippen LogP contribution in [0.15, 0.2) is 41.9 Å². The van der Waals surface area contributed by atoms with Crippen molar-refractivity contribution in [1.82, 2.24) is 4.98 Å². The second-order valence-electron chi connectivity index (χ2n) is 7.63. The summed E-state index contributed by atoms with van der Waals surface area (Å²) in [6.45, 7) is 3.53. The first-order valence-corrected chi connectivity index (χ1v) is 10.5. The zero-order valence-electron chi connectivity index (χ0n) is 16.8. The number of anilines is 2. The number of fused-ring (bicyclic) bond motifs is 1. The van der Waals surface area contributed by atoms with Gasteiger partial charge in [-0.1, -0.05) is 12.1 Å². The van der Waals surface area contributed by atoms with E-state index in [0.717, 1.165) is 46.6 Å². The van der Waals surface area contributed by atoms with E-state index in [-0.39, 0.29) is 0 Å². The molecular weight excluding hydrogens is 386 g/mol. The van der Waals surface area contributed by atoms with Gasteiger partial charge in [0, 0.05) is 17.8 Å². The highest BCUT2D eigenvalue weighted by Gasteiger charge is 2.20. The number of nitrogens with zero attached hydrogens (tertiary/aromatic N) is 1. The summed E-state index contributed by atoms with van der Waals surface area (Å²) in [4.78, 5) is 9.86. The lowest BCUT2D eigenvalue weighted by molar-refractivity contribution is 0.0791. The third kappa shape index (κ3) is 4.22. The average molecular weight is 412 g/mol. The zero-order valence-corrected chi connectivity index (χ0v) is 17.6. The van der Waals surface area contributed by atoms with Crippen LogP contribution in [0.4, 0.5) is 10.7 Å². The van der Waals surface area contributed by atoms with Crippen molar-refractivity contribution in [2.45, 2.75) is 38.7 Å². The van der Waals surface area contributed by atoms with Gasteiger partial charge in [0.1, 0.15) is 5.00 Å². The van der Waals surface area contributed by atoms with E-state index in [1.807, 2.05) is 23.6 Å². The van der Waals surface area contributed by atoms with Gasteiger partial charge in [-0.05, 0) is 72.9 Å². The molecule has 4 rings (SSSR count). The molecule has 1 aromatic carbocycles. The molecule has 1 aliphatic carbocycles. The first kappa shape index (κ1) is 19.7. The fraction of sp³-hybridized carbons (Fsp3) is 0.318. The van der Waals surface area contributed by atoms with Crippen LogP contribution in [-0.2, 0) is 23.4 Å². The molecule has 2 heterocycles. The van der Waals surface area contributed by atoms with E-state index in [9.17, 15) is 5.11 Å². The van der Waals surface area contributed by atoms with Gasteiger partial charge in [0.2, 0.25) is 5.88 Å². The van der Waals surface area contributed by atoms with Crippen LogP contribution in [0.5, 0.6) is 5.88 Å². The maximum atomic E-state index is 10.1. The van der Waals surface area contributed by atoms with E-state index < -0.39 is 5.60 Å². The number of aliphatic hydroxyl groups is 1. The van der Waals surface area contributed by atoms with Crippen molar-refractivity contribution in [3.63, 3.8) is 0 Å². The Hall–Kier alpha value is -2.61. The Labute approximate surface area is 174 Å². The van der Waals surface area contributed by atoms with Crippen molar-refractivity contribution >= 4 is 22.0 Å². The smallest absolute Gasteiger partial charge is 0.213 e. The third-order valence-electron chi connectivity index (χ3n) is 5.15. The molecule has 0 saturated heterocycles. The van der Waals surface area contributed by atoms with Crippen LogP contribution in [0.25, 0.3) is 11.1 Å². The number of thiophene rings is 1. The molecule has 2 aromatic heterocycles. The molecule has 7 heteroatoms. The van der Waals surface area contributed by atoms with Gasteiger partial charge in [0.05, 0.1) is 18.4 Å². The minimum atomic E-state index is -0.877. The van der Waals surface area contributed by atoms with Crippen molar-refractivity contribution in [2.24, 2.45) is 0 Å². The largest absolute Gasteiger partial charge is 0.481 e. The summed E-state index contributed by atoms with van der Waals surface area (Å²) in [5.41, 5.74) is 11.7. The minimum Gasteiger partial charge on any atom is -0.481 e. The van der Waals surface area contributed by atoms with Gasteiger partial charge >= 0.3 is 0 Å². The number of hydrogen-bond donors (Lipinski definition) is 3. The molecule has 29 heavy (non-hydrogen) atoms. The topological polar surface area (TPSA) is 75.6 Å². The molecule has 0 spiro atoms. The molecule has 3 aromatic rings. The highest BCUT2D eigenvalue weighted by molar-refractivity contribution is 7.14. The molecule has 0 atom stereocenters. The normalized spacial score (nSPS) is 13.2. The van der Waals surface area contributed by atoms with Crippen LogP contribution >= 0.6 is 11.3 Å². The van der Waals surface area contributed by atoms with Crippen molar-refractivity contribution < 1.29 is 14.8 Å². The molecule has 3 N–H and O–H groups in total. The molecule has 0 fully saturated rings. The molecule has 152 valence electrons. The Morgan fingerprint density at radius 2 is 2.00 bits per heavy atom. The molecule has 0 unspecified atom stereocenters. The number of benzene rings is 1. The van der Waals surface area contributed by atoms with E-state index >= 15 is 0 Å². The maximum absolute atomic E-state index is 10.1. The minimum absolute atomic E-state index is 0.575. The number of ether oxygens (including phenoxy) is 1. The second kappa shape index (κ2) is 8.02. The van der Waals surface area contributed by atoms with Crippen LogP contribution in [0.1, 0.15) is 37.0 Å². The Kier molecular flexibility index (Phi) is 5.45. The summed E-state index contributed by atoms with van der Waals surface area (Å²) in [6.07, 6.45) is 4.98. The van der Waals surface area contributed by atoms with Crippen molar-refractivity contribution in [3.8, 4) is 17.0 Å². The second-order valence-corrected chi connectivity index (χ2v) is 8.54. The monoisotopic (exact) mass is 411 g/mol. The fourth-order valence-electron chi connectivity index (χ4n) is 3.55. The van der Waals surface area contributed by atoms with E-state index in [1.165, 1.54) is 22.5 Å². The molecule has 6 nitrogen and oxygen atoms in total. The lowest BCUT2D eigenvalue weighted by Gasteiger charge is -2.17. The first-order chi connectivity index (χ1) is 14.0. The summed E-state index contributed by atoms with van der Waals surface area (Å²) < 4.78 is 5.28. The molecule has 1 aliphatic rings. The van der Waals surface area contributed by atoms with E-state index in [0.29, 0.717) is 5.88 Å². The van der Waals surface area contributed by atoms with Crippen LogP contribution in [0.2, 0.25) is 0 Å². The number of aromatic nitrogens is 1. The third-order valence-corrected chi connectivity index (χ3v) is 5.98. The Morgan fingerprint density at radius 1 is 1.14 bits per heavy atom. The molecule has 0 radical (unpaired) electrons. The van der Waals surface area contributed by atoms with Gasteiger partial charge in [-0.15, -0.1) is 11.3 Å². The van der Waals surface area contributed by atoms with Crippen LogP contribution in [-0.4, -0.2) is 17.2 Å². The number of methoxy groups -OCH3 is 1. The van der Waals surface area contributed by atoms with Crippen LogP contribution in [0, 0.1) is 0 Å². The number of hydrogen-bond acceptors (Lipinski definition) is 7. The SMILES string of the molecule is COc1cc(-c2ccc3c(c2NONc2cc(C(C)(C)O)cs2)CCC3)ccn1. The number of pyridine rings is 1. The first-order valence-electron chi connectivity index (χ1n) is 9.60. The van der Waals surface area contributed by atoms with Crippen LogP contribution in [0.3, 0.4) is 0 Å². The van der Waals surface area contributed by atoms with E-state index in [4.69, 9.17) is 9.68 Å². The predicted octanol–water partition coefficient (Wildman–Crippen LogP) is 4.91. The molecular formula is C22H25N3O3S.